The van der Waals surface area contributed by atoms with Crippen molar-refractivity contribution < 1.29 is 14.6 Å². The van der Waals surface area contributed by atoms with Gasteiger partial charge in [0.25, 0.3) is 0 Å². The first-order chi connectivity index (χ1) is 6.14. The van der Waals surface area contributed by atoms with Gasteiger partial charge in [0.1, 0.15) is 0 Å². The minimum atomic E-state index is -1.04. The first kappa shape index (κ1) is 11.2. The summed E-state index contributed by atoms with van der Waals surface area (Å²) < 4.78 is 4.89. The second-order valence-electron chi connectivity index (χ2n) is 5.39. The molecule has 80 valence electrons. The Morgan fingerprint density at radius 3 is 2.36 bits per heavy atom. The summed E-state index contributed by atoms with van der Waals surface area (Å²) in [4.78, 5) is 11.5. The highest BCUT2D eigenvalue weighted by molar-refractivity contribution is 5.90. The van der Waals surface area contributed by atoms with Gasteiger partial charge in [-0.2, -0.15) is 0 Å². The number of rotatable bonds is 0. The van der Waals surface area contributed by atoms with Gasteiger partial charge in [0.15, 0.2) is 0 Å². The Balaban J connectivity index is 3.12. The molecule has 0 aromatic rings. The van der Waals surface area contributed by atoms with Crippen LogP contribution in [0.15, 0.2) is 11.6 Å². The number of hydrogen-bond donors (Lipinski definition) is 1. The van der Waals surface area contributed by atoms with Crippen LogP contribution in [0.1, 0.15) is 34.6 Å². The van der Waals surface area contributed by atoms with Crippen molar-refractivity contribution in [2.75, 3.05) is 0 Å². The average Bonchev–Trinajstić information content (AvgIpc) is 1.95. The SMILES string of the molecule is CC(C)(C)C1=CC(C)(C)C(O)OC1=O. The van der Waals surface area contributed by atoms with Crippen molar-refractivity contribution in [3.63, 3.8) is 0 Å². The van der Waals surface area contributed by atoms with Gasteiger partial charge in [-0.15, -0.1) is 0 Å². The fourth-order valence-electron chi connectivity index (χ4n) is 1.34. The Kier molecular flexibility index (Phi) is 2.48. The molecule has 0 aromatic carbocycles. The number of esters is 1. The number of carbonyl (C=O) groups is 1. The summed E-state index contributed by atoms with van der Waals surface area (Å²) in [6.07, 6.45) is 0.768. The molecule has 1 atom stereocenters. The molecule has 0 saturated heterocycles. The van der Waals surface area contributed by atoms with E-state index in [0.29, 0.717) is 5.57 Å². The molecule has 3 nitrogen and oxygen atoms in total. The predicted octanol–water partition coefficient (Wildman–Crippen LogP) is 1.86. The van der Waals surface area contributed by atoms with Crippen molar-refractivity contribution >= 4 is 5.97 Å². The fourth-order valence-corrected chi connectivity index (χ4v) is 1.34. The van der Waals surface area contributed by atoms with Crippen LogP contribution in [0.3, 0.4) is 0 Å². The topological polar surface area (TPSA) is 46.5 Å². The van der Waals surface area contributed by atoms with Crippen molar-refractivity contribution in [3.8, 4) is 0 Å². The zero-order chi connectivity index (χ0) is 11.1. The van der Waals surface area contributed by atoms with Crippen LogP contribution in [0.5, 0.6) is 0 Å². The summed E-state index contributed by atoms with van der Waals surface area (Å²) in [5, 5.41) is 9.50. The molecule has 1 aliphatic heterocycles. The standard InChI is InChI=1S/C11H18O3/c1-10(2,3)7-6-11(4,5)9(13)14-8(7)12/h6,9,13H,1-5H3. The summed E-state index contributed by atoms with van der Waals surface area (Å²) >= 11 is 0. The summed E-state index contributed by atoms with van der Waals surface area (Å²) in [5.41, 5.74) is -0.113. The van der Waals surface area contributed by atoms with Crippen molar-refractivity contribution in [3.05, 3.63) is 11.6 Å². The molecule has 0 bridgehead atoms. The van der Waals surface area contributed by atoms with E-state index in [0.717, 1.165) is 0 Å². The third-order valence-electron chi connectivity index (χ3n) is 2.40. The van der Waals surface area contributed by atoms with Crippen LogP contribution < -0.4 is 0 Å². The van der Waals surface area contributed by atoms with E-state index < -0.39 is 17.7 Å². The molecule has 14 heavy (non-hydrogen) atoms. The molecule has 1 heterocycles. The predicted molar refractivity (Wildman–Crippen MR) is 53.4 cm³/mol. The van der Waals surface area contributed by atoms with Gasteiger partial charge < -0.3 is 9.84 Å². The molecule has 0 radical (unpaired) electrons. The number of ether oxygens (including phenoxy) is 1. The first-order valence-electron chi connectivity index (χ1n) is 4.77. The van der Waals surface area contributed by atoms with Crippen LogP contribution in [0.4, 0.5) is 0 Å². The largest absolute Gasteiger partial charge is 0.432 e. The van der Waals surface area contributed by atoms with Gasteiger partial charge in [0, 0.05) is 11.0 Å². The molecular weight excluding hydrogens is 180 g/mol. The van der Waals surface area contributed by atoms with Gasteiger partial charge in [-0.3, -0.25) is 0 Å². The number of aliphatic hydroxyl groups excluding tert-OH is 1. The van der Waals surface area contributed by atoms with E-state index in [1.165, 1.54) is 0 Å². The van der Waals surface area contributed by atoms with Crippen LogP contribution >= 0.6 is 0 Å². The normalized spacial score (nSPS) is 26.9. The lowest BCUT2D eigenvalue weighted by Gasteiger charge is -2.35. The van der Waals surface area contributed by atoms with E-state index in [2.05, 4.69) is 0 Å². The van der Waals surface area contributed by atoms with Gasteiger partial charge in [-0.1, -0.05) is 40.7 Å². The van der Waals surface area contributed by atoms with Crippen molar-refractivity contribution in [2.45, 2.75) is 40.9 Å². The van der Waals surface area contributed by atoms with Crippen molar-refractivity contribution in [1.82, 2.24) is 0 Å². The van der Waals surface area contributed by atoms with Gasteiger partial charge in [0.05, 0.1) is 0 Å². The van der Waals surface area contributed by atoms with Gasteiger partial charge >= 0.3 is 5.97 Å². The first-order valence-corrected chi connectivity index (χ1v) is 4.77. The minimum Gasteiger partial charge on any atom is -0.432 e. The number of aliphatic hydroxyl groups is 1. The van der Waals surface area contributed by atoms with Crippen LogP contribution in [0.2, 0.25) is 0 Å². The quantitative estimate of drug-likeness (QED) is 0.604. The third kappa shape index (κ3) is 1.98. The number of hydrogen-bond acceptors (Lipinski definition) is 3. The average molecular weight is 198 g/mol. The summed E-state index contributed by atoms with van der Waals surface area (Å²) in [5.74, 6) is -0.413. The maximum atomic E-state index is 11.5. The highest BCUT2D eigenvalue weighted by Crippen LogP contribution is 2.37. The zero-order valence-electron chi connectivity index (χ0n) is 9.42. The zero-order valence-corrected chi connectivity index (χ0v) is 9.42. The molecule has 0 spiro atoms. The summed E-state index contributed by atoms with van der Waals surface area (Å²) in [6.45, 7) is 9.54. The lowest BCUT2D eigenvalue weighted by molar-refractivity contribution is -0.184. The Labute approximate surface area is 84.8 Å². The number of carbonyl (C=O) groups excluding carboxylic acids is 1. The van der Waals surface area contributed by atoms with Crippen LogP contribution in [-0.2, 0) is 9.53 Å². The van der Waals surface area contributed by atoms with Gasteiger partial charge in [-0.05, 0) is 5.41 Å². The fraction of sp³-hybridized carbons (Fsp3) is 0.727. The molecule has 1 aliphatic rings. The van der Waals surface area contributed by atoms with Crippen LogP contribution in [0, 0.1) is 10.8 Å². The molecule has 0 saturated carbocycles. The van der Waals surface area contributed by atoms with E-state index in [-0.39, 0.29) is 5.41 Å². The second-order valence-corrected chi connectivity index (χ2v) is 5.39. The molecule has 3 heteroatoms. The summed E-state index contributed by atoms with van der Waals surface area (Å²) in [7, 11) is 0. The molecule has 1 rings (SSSR count). The maximum absolute atomic E-state index is 11.5. The molecular formula is C11H18O3. The van der Waals surface area contributed by atoms with Gasteiger partial charge in [0.2, 0.25) is 6.29 Å². The molecule has 0 aliphatic carbocycles. The second kappa shape index (κ2) is 3.09. The Morgan fingerprint density at radius 1 is 1.43 bits per heavy atom. The Hall–Kier alpha value is -0.830. The monoisotopic (exact) mass is 198 g/mol. The third-order valence-corrected chi connectivity index (χ3v) is 2.40. The number of cyclic esters (lactones) is 1. The van der Waals surface area contributed by atoms with E-state index >= 15 is 0 Å². The van der Waals surface area contributed by atoms with E-state index in [1.54, 1.807) is 0 Å². The lowest BCUT2D eigenvalue weighted by Crippen LogP contribution is -2.40. The van der Waals surface area contributed by atoms with E-state index in [1.807, 2.05) is 40.7 Å². The molecule has 0 fully saturated rings. The highest BCUT2D eigenvalue weighted by atomic mass is 16.6. The van der Waals surface area contributed by atoms with Crippen LogP contribution in [-0.4, -0.2) is 17.4 Å². The van der Waals surface area contributed by atoms with E-state index in [9.17, 15) is 9.90 Å². The van der Waals surface area contributed by atoms with Gasteiger partial charge in [-0.25, -0.2) is 4.79 Å². The maximum Gasteiger partial charge on any atom is 0.336 e. The highest BCUT2D eigenvalue weighted by Gasteiger charge is 2.39. The van der Waals surface area contributed by atoms with Crippen LogP contribution in [0.25, 0.3) is 0 Å². The Bertz CT molecular complexity index is 281. The van der Waals surface area contributed by atoms with E-state index in [4.69, 9.17) is 4.74 Å². The van der Waals surface area contributed by atoms with Crippen molar-refractivity contribution in [2.24, 2.45) is 10.8 Å². The molecule has 0 aromatic heterocycles. The molecule has 0 amide bonds. The van der Waals surface area contributed by atoms with Crippen molar-refractivity contribution in [1.29, 1.82) is 0 Å². The molecule has 1 N–H and O–H groups in total. The molecule has 1 unspecified atom stereocenters. The Morgan fingerprint density at radius 2 is 1.93 bits per heavy atom. The summed E-state index contributed by atoms with van der Waals surface area (Å²) in [6, 6.07) is 0. The minimum absolute atomic E-state index is 0.242. The smallest absolute Gasteiger partial charge is 0.336 e. The lowest BCUT2D eigenvalue weighted by atomic mass is 9.78.